The molecular formula is C26H32N4O6. The van der Waals surface area contributed by atoms with E-state index in [2.05, 4.69) is 10.2 Å². The molecule has 0 aromatic heterocycles. The second-order valence-electron chi connectivity index (χ2n) is 8.45. The van der Waals surface area contributed by atoms with Crippen molar-refractivity contribution >= 4 is 23.5 Å². The summed E-state index contributed by atoms with van der Waals surface area (Å²) in [6, 6.07) is 11.8. The van der Waals surface area contributed by atoms with Gasteiger partial charge < -0.3 is 29.1 Å². The zero-order valence-corrected chi connectivity index (χ0v) is 20.8. The lowest BCUT2D eigenvalue weighted by Crippen LogP contribution is -2.57. The van der Waals surface area contributed by atoms with E-state index in [1.807, 2.05) is 36.1 Å². The Bertz CT molecular complexity index is 1130. The molecule has 1 fully saturated rings. The van der Waals surface area contributed by atoms with Gasteiger partial charge in [0.2, 0.25) is 11.9 Å². The van der Waals surface area contributed by atoms with Crippen molar-refractivity contribution in [1.29, 1.82) is 0 Å². The highest BCUT2D eigenvalue weighted by Crippen LogP contribution is 2.36. The third kappa shape index (κ3) is 5.32. The Morgan fingerprint density at radius 3 is 2.53 bits per heavy atom. The number of piperazine rings is 1. The lowest BCUT2D eigenvalue weighted by molar-refractivity contribution is -0.153. The molecule has 2 aliphatic heterocycles. The predicted octanol–water partition coefficient (Wildman–Crippen LogP) is 2.33. The van der Waals surface area contributed by atoms with Crippen molar-refractivity contribution in [3.05, 3.63) is 48.0 Å². The van der Waals surface area contributed by atoms with Crippen molar-refractivity contribution < 1.29 is 28.9 Å². The monoisotopic (exact) mass is 496 g/mol. The Morgan fingerprint density at radius 1 is 1.08 bits per heavy atom. The molecule has 192 valence electrons. The molecule has 2 atom stereocenters. The van der Waals surface area contributed by atoms with E-state index in [9.17, 15) is 14.7 Å². The molecule has 0 bridgehead atoms. The van der Waals surface area contributed by atoms with E-state index in [0.29, 0.717) is 31.2 Å². The number of ether oxygens (including phenoxy) is 3. The summed E-state index contributed by atoms with van der Waals surface area (Å²) in [7, 11) is 1.65. The highest BCUT2D eigenvalue weighted by atomic mass is 16.5. The number of aliphatic imine (C=N–C) groups is 1. The molecule has 0 unspecified atom stereocenters. The second-order valence-corrected chi connectivity index (χ2v) is 8.45. The number of nitrogens with zero attached hydrogens (tertiary/aromatic N) is 3. The second kappa shape index (κ2) is 11.2. The third-order valence-electron chi connectivity index (χ3n) is 6.26. The fraction of sp³-hybridized carbons (Fsp3) is 0.423. The van der Waals surface area contributed by atoms with Gasteiger partial charge in [-0.15, -0.1) is 0 Å². The fourth-order valence-electron chi connectivity index (χ4n) is 4.43. The molecule has 0 spiro atoms. The van der Waals surface area contributed by atoms with E-state index in [-0.39, 0.29) is 18.1 Å². The topological polar surface area (TPSA) is 113 Å². The van der Waals surface area contributed by atoms with Crippen molar-refractivity contribution in [2.75, 3.05) is 51.4 Å². The number of rotatable bonds is 7. The number of hydrogen-bond donors (Lipinski definition) is 2. The number of phenols is 1. The van der Waals surface area contributed by atoms with Crippen LogP contribution in [0.25, 0.3) is 0 Å². The Labute approximate surface area is 210 Å². The minimum Gasteiger partial charge on any atom is -0.504 e. The standard InChI is InChI=1S/C26H32N4O6/c1-4-35-21-15-17(9-10-20(21)31)23-22(25(33)36-5-2)24(32)28-26(27-23)30-13-11-29(12-14-30)18-7-6-8-19(16-18)34-3/h6-10,15-16,22-23,31H,4-5,11-14H2,1-3H3,(H,27,28,32)/t22-,23-/m1/s1. The number of carbonyl (C=O) groups is 2. The summed E-state index contributed by atoms with van der Waals surface area (Å²) < 4.78 is 16.0. The molecule has 2 aromatic rings. The van der Waals surface area contributed by atoms with E-state index in [1.54, 1.807) is 26.2 Å². The summed E-state index contributed by atoms with van der Waals surface area (Å²) in [5, 5.41) is 12.9. The van der Waals surface area contributed by atoms with Gasteiger partial charge >= 0.3 is 5.97 Å². The molecule has 4 rings (SSSR count). The first kappa shape index (κ1) is 25.2. The molecule has 10 heteroatoms. The summed E-state index contributed by atoms with van der Waals surface area (Å²) >= 11 is 0. The maximum absolute atomic E-state index is 13.2. The lowest BCUT2D eigenvalue weighted by atomic mass is 9.91. The third-order valence-corrected chi connectivity index (χ3v) is 6.26. The lowest BCUT2D eigenvalue weighted by Gasteiger charge is -2.39. The predicted molar refractivity (Wildman–Crippen MR) is 134 cm³/mol. The Hall–Kier alpha value is -3.95. The number of esters is 1. The molecule has 2 heterocycles. The first-order valence-electron chi connectivity index (χ1n) is 12.1. The van der Waals surface area contributed by atoms with Gasteiger partial charge in [-0.3, -0.25) is 14.9 Å². The quantitative estimate of drug-likeness (QED) is 0.444. The van der Waals surface area contributed by atoms with Crippen molar-refractivity contribution in [3.8, 4) is 17.2 Å². The van der Waals surface area contributed by atoms with Gasteiger partial charge in [0.1, 0.15) is 11.8 Å². The van der Waals surface area contributed by atoms with Crippen molar-refractivity contribution in [2.24, 2.45) is 10.9 Å². The van der Waals surface area contributed by atoms with Gasteiger partial charge in [0.15, 0.2) is 17.4 Å². The maximum atomic E-state index is 13.2. The molecule has 1 saturated heterocycles. The van der Waals surface area contributed by atoms with E-state index < -0.39 is 23.8 Å². The van der Waals surface area contributed by atoms with Gasteiger partial charge in [0.25, 0.3) is 0 Å². The smallest absolute Gasteiger partial charge is 0.321 e. The van der Waals surface area contributed by atoms with Crippen molar-refractivity contribution in [3.63, 3.8) is 0 Å². The van der Waals surface area contributed by atoms with Crippen LogP contribution in [-0.4, -0.2) is 74.3 Å². The molecule has 2 aromatic carbocycles. The highest BCUT2D eigenvalue weighted by molar-refractivity contribution is 6.08. The number of anilines is 1. The maximum Gasteiger partial charge on any atom is 0.321 e. The Kier molecular flexibility index (Phi) is 7.82. The minimum atomic E-state index is -1.15. The number of guanidine groups is 1. The Morgan fingerprint density at radius 2 is 1.83 bits per heavy atom. The normalized spacial score (nSPS) is 19.9. The number of nitrogens with one attached hydrogen (secondary N) is 1. The van der Waals surface area contributed by atoms with Crippen molar-refractivity contribution in [1.82, 2.24) is 10.2 Å². The largest absolute Gasteiger partial charge is 0.504 e. The minimum absolute atomic E-state index is 0.0218. The molecule has 0 saturated carbocycles. The number of hydrogen-bond acceptors (Lipinski definition) is 9. The number of methoxy groups -OCH3 is 1. The van der Waals surface area contributed by atoms with Crippen LogP contribution in [0, 0.1) is 5.92 Å². The molecule has 0 radical (unpaired) electrons. The van der Waals surface area contributed by atoms with Crippen LogP contribution in [0.1, 0.15) is 25.5 Å². The van der Waals surface area contributed by atoms with E-state index in [4.69, 9.17) is 19.2 Å². The van der Waals surface area contributed by atoms with E-state index in [0.717, 1.165) is 24.5 Å². The van der Waals surface area contributed by atoms with Crippen LogP contribution in [0.15, 0.2) is 47.5 Å². The van der Waals surface area contributed by atoms with Crippen molar-refractivity contribution in [2.45, 2.75) is 19.9 Å². The number of benzene rings is 2. The summed E-state index contributed by atoms with van der Waals surface area (Å²) in [6.45, 7) is 6.72. The zero-order valence-electron chi connectivity index (χ0n) is 20.8. The average molecular weight is 497 g/mol. The van der Waals surface area contributed by atoms with Gasteiger partial charge in [-0.2, -0.15) is 0 Å². The average Bonchev–Trinajstić information content (AvgIpc) is 2.90. The molecule has 2 N–H and O–H groups in total. The summed E-state index contributed by atoms with van der Waals surface area (Å²) in [4.78, 5) is 35.0. The fourth-order valence-corrected chi connectivity index (χ4v) is 4.43. The highest BCUT2D eigenvalue weighted by Gasteiger charge is 2.42. The first-order chi connectivity index (χ1) is 17.4. The number of phenolic OH excluding ortho intramolecular Hbond substituents is 1. The number of carbonyl (C=O) groups excluding carboxylic acids is 2. The van der Waals surface area contributed by atoms with Gasteiger partial charge in [0, 0.05) is 37.9 Å². The molecular weight excluding hydrogens is 464 g/mol. The molecule has 36 heavy (non-hydrogen) atoms. The van der Waals surface area contributed by atoms with Gasteiger partial charge in [-0.05, 0) is 43.7 Å². The summed E-state index contributed by atoms with van der Waals surface area (Å²) in [5.74, 6) is -0.792. The molecule has 1 amide bonds. The van der Waals surface area contributed by atoms with Crippen LogP contribution in [0.3, 0.4) is 0 Å². The molecule has 10 nitrogen and oxygen atoms in total. The van der Waals surface area contributed by atoms with Gasteiger partial charge in [-0.1, -0.05) is 12.1 Å². The van der Waals surface area contributed by atoms with Gasteiger partial charge in [-0.25, -0.2) is 4.99 Å². The number of aromatic hydroxyl groups is 1. The van der Waals surface area contributed by atoms with Gasteiger partial charge in [0.05, 0.1) is 20.3 Å². The van der Waals surface area contributed by atoms with Crippen LogP contribution < -0.4 is 19.7 Å². The molecule has 2 aliphatic rings. The molecule has 0 aliphatic carbocycles. The number of amides is 1. The first-order valence-corrected chi connectivity index (χ1v) is 12.1. The van der Waals surface area contributed by atoms with Crippen LogP contribution >= 0.6 is 0 Å². The van der Waals surface area contributed by atoms with E-state index in [1.165, 1.54) is 6.07 Å². The van der Waals surface area contributed by atoms with Crippen LogP contribution in [0.4, 0.5) is 5.69 Å². The van der Waals surface area contributed by atoms with Crippen LogP contribution in [0.5, 0.6) is 17.2 Å². The van der Waals surface area contributed by atoms with Crippen LogP contribution in [-0.2, 0) is 14.3 Å². The van der Waals surface area contributed by atoms with Crippen LogP contribution in [0.2, 0.25) is 0 Å². The Balaban J connectivity index is 1.59. The zero-order chi connectivity index (χ0) is 25.7. The van der Waals surface area contributed by atoms with E-state index >= 15 is 0 Å². The summed E-state index contributed by atoms with van der Waals surface area (Å²) in [5.41, 5.74) is 1.65. The summed E-state index contributed by atoms with van der Waals surface area (Å²) in [6.07, 6.45) is 0. The SMILES string of the molecule is CCOC(=O)[C@H]1C(=O)NC(N2CCN(c3cccc(OC)c3)CC2)=N[C@@H]1c1ccc(O)c(OCC)c1.